The Kier molecular flexibility index (Phi) is 3.88. The predicted octanol–water partition coefficient (Wildman–Crippen LogP) is 4.04. The van der Waals surface area contributed by atoms with Gasteiger partial charge in [0.05, 0.1) is 5.60 Å². The molecule has 0 aliphatic heterocycles. The fraction of sp³-hybridized carbons (Fsp3) is 0.625. The summed E-state index contributed by atoms with van der Waals surface area (Å²) in [6.07, 6.45) is 6.51. The Balaban J connectivity index is 2.10. The Morgan fingerprint density at radius 3 is 2.18 bits per heavy atom. The molecule has 1 saturated carbocycles. The number of rotatable bonds is 3. The summed E-state index contributed by atoms with van der Waals surface area (Å²) in [6, 6.07) is 8.54. The molecule has 1 aromatic carbocycles. The molecule has 1 aliphatic carbocycles. The summed E-state index contributed by atoms with van der Waals surface area (Å²) in [5, 5.41) is 10.7. The third-order valence-electron chi connectivity index (χ3n) is 4.41. The Morgan fingerprint density at radius 2 is 1.71 bits per heavy atom. The van der Waals surface area contributed by atoms with E-state index < -0.39 is 5.60 Å². The highest BCUT2D eigenvalue weighted by Crippen LogP contribution is 2.40. The van der Waals surface area contributed by atoms with E-state index in [1.807, 2.05) is 0 Å². The molecule has 1 fully saturated rings. The van der Waals surface area contributed by atoms with Gasteiger partial charge >= 0.3 is 0 Å². The second-order valence-electron chi connectivity index (χ2n) is 5.43. The second kappa shape index (κ2) is 5.22. The molecule has 17 heavy (non-hydrogen) atoms. The molecule has 0 bridgehead atoms. The standard InChI is InChI=1S/C16H24O/c1-3-13-5-7-15(8-6-13)16(17)11-9-14(4-2)10-12-16/h5-8,14,17H,3-4,9-12H2,1-2H3. The van der Waals surface area contributed by atoms with Crippen LogP contribution in [0.4, 0.5) is 0 Å². The summed E-state index contributed by atoms with van der Waals surface area (Å²) < 4.78 is 0. The third-order valence-corrected chi connectivity index (χ3v) is 4.41. The second-order valence-corrected chi connectivity index (χ2v) is 5.43. The SMILES string of the molecule is CCc1ccc(C2(O)CCC(CC)CC2)cc1. The topological polar surface area (TPSA) is 20.2 Å². The lowest BCUT2D eigenvalue weighted by molar-refractivity contribution is -0.0145. The van der Waals surface area contributed by atoms with E-state index in [4.69, 9.17) is 0 Å². The van der Waals surface area contributed by atoms with Crippen molar-refractivity contribution in [1.82, 2.24) is 0 Å². The summed E-state index contributed by atoms with van der Waals surface area (Å²) in [5.41, 5.74) is 1.90. The van der Waals surface area contributed by atoms with Crippen LogP contribution in [-0.4, -0.2) is 5.11 Å². The molecule has 0 atom stereocenters. The van der Waals surface area contributed by atoms with Gasteiger partial charge in [-0.1, -0.05) is 44.5 Å². The first-order chi connectivity index (χ1) is 8.18. The summed E-state index contributed by atoms with van der Waals surface area (Å²) in [4.78, 5) is 0. The van der Waals surface area contributed by atoms with Crippen LogP contribution in [0.25, 0.3) is 0 Å². The van der Waals surface area contributed by atoms with Crippen molar-refractivity contribution >= 4 is 0 Å². The lowest BCUT2D eigenvalue weighted by Crippen LogP contribution is -2.31. The van der Waals surface area contributed by atoms with E-state index in [0.717, 1.165) is 30.7 Å². The van der Waals surface area contributed by atoms with Crippen LogP contribution in [0.3, 0.4) is 0 Å². The van der Waals surface area contributed by atoms with Crippen molar-refractivity contribution in [3.63, 3.8) is 0 Å². The van der Waals surface area contributed by atoms with Crippen molar-refractivity contribution in [3.05, 3.63) is 35.4 Å². The first-order valence-electron chi connectivity index (χ1n) is 6.99. The van der Waals surface area contributed by atoms with Gasteiger partial charge in [-0.25, -0.2) is 0 Å². The van der Waals surface area contributed by atoms with Crippen molar-refractivity contribution in [1.29, 1.82) is 0 Å². The first-order valence-corrected chi connectivity index (χ1v) is 6.99. The molecule has 0 saturated heterocycles. The maximum Gasteiger partial charge on any atom is 0.0896 e. The molecular formula is C16H24O. The van der Waals surface area contributed by atoms with Gasteiger partial charge in [-0.2, -0.15) is 0 Å². The molecule has 94 valence electrons. The maximum atomic E-state index is 10.7. The van der Waals surface area contributed by atoms with Crippen molar-refractivity contribution in [3.8, 4) is 0 Å². The van der Waals surface area contributed by atoms with E-state index in [1.54, 1.807) is 0 Å². The molecule has 1 heteroatoms. The number of hydrogen-bond acceptors (Lipinski definition) is 1. The zero-order valence-corrected chi connectivity index (χ0v) is 11.1. The van der Waals surface area contributed by atoms with Gasteiger partial charge in [0.25, 0.3) is 0 Å². The van der Waals surface area contributed by atoms with Gasteiger partial charge < -0.3 is 5.11 Å². The van der Waals surface area contributed by atoms with E-state index in [-0.39, 0.29) is 0 Å². The minimum Gasteiger partial charge on any atom is -0.385 e. The van der Waals surface area contributed by atoms with Crippen LogP contribution in [-0.2, 0) is 12.0 Å². The normalized spacial score (nSPS) is 29.2. The van der Waals surface area contributed by atoms with Gasteiger partial charge in [0.15, 0.2) is 0 Å². The summed E-state index contributed by atoms with van der Waals surface area (Å²) in [7, 11) is 0. The Labute approximate surface area is 105 Å². The number of aryl methyl sites for hydroxylation is 1. The molecule has 1 aromatic rings. The molecule has 0 radical (unpaired) electrons. The zero-order chi connectivity index (χ0) is 12.3. The summed E-state index contributed by atoms with van der Waals surface area (Å²) >= 11 is 0. The lowest BCUT2D eigenvalue weighted by Gasteiger charge is -2.36. The molecule has 1 aliphatic rings. The van der Waals surface area contributed by atoms with Crippen LogP contribution in [0, 0.1) is 5.92 Å². The first kappa shape index (κ1) is 12.6. The van der Waals surface area contributed by atoms with E-state index >= 15 is 0 Å². The monoisotopic (exact) mass is 232 g/mol. The molecule has 1 N–H and O–H groups in total. The van der Waals surface area contributed by atoms with E-state index in [1.165, 1.54) is 24.8 Å². The molecule has 1 nitrogen and oxygen atoms in total. The van der Waals surface area contributed by atoms with Crippen molar-refractivity contribution < 1.29 is 5.11 Å². The molecule has 0 amide bonds. The Bertz CT molecular complexity index is 344. The lowest BCUT2D eigenvalue weighted by atomic mass is 9.74. The van der Waals surface area contributed by atoms with Crippen LogP contribution in [0.15, 0.2) is 24.3 Å². The van der Waals surface area contributed by atoms with Crippen LogP contribution in [0.1, 0.15) is 57.1 Å². The van der Waals surface area contributed by atoms with Gasteiger partial charge in [-0.15, -0.1) is 0 Å². The number of benzene rings is 1. The highest BCUT2D eigenvalue weighted by atomic mass is 16.3. The maximum absolute atomic E-state index is 10.7. The van der Waals surface area contributed by atoms with Gasteiger partial charge in [-0.05, 0) is 49.1 Å². The summed E-state index contributed by atoms with van der Waals surface area (Å²) in [5.74, 6) is 0.824. The zero-order valence-electron chi connectivity index (χ0n) is 11.1. The minimum absolute atomic E-state index is 0.558. The fourth-order valence-electron chi connectivity index (χ4n) is 2.90. The quantitative estimate of drug-likeness (QED) is 0.834. The highest BCUT2D eigenvalue weighted by molar-refractivity contribution is 5.27. The minimum atomic E-state index is -0.558. The van der Waals surface area contributed by atoms with Gasteiger partial charge in [0.2, 0.25) is 0 Å². The largest absolute Gasteiger partial charge is 0.385 e. The van der Waals surface area contributed by atoms with Crippen LogP contribution < -0.4 is 0 Å². The molecule has 0 aromatic heterocycles. The molecule has 0 unspecified atom stereocenters. The Morgan fingerprint density at radius 1 is 1.12 bits per heavy atom. The number of hydrogen-bond donors (Lipinski definition) is 1. The van der Waals surface area contributed by atoms with Crippen LogP contribution >= 0.6 is 0 Å². The molecule has 0 heterocycles. The van der Waals surface area contributed by atoms with Crippen LogP contribution in [0.2, 0.25) is 0 Å². The predicted molar refractivity (Wildman–Crippen MR) is 72.0 cm³/mol. The molecule has 2 rings (SSSR count). The van der Waals surface area contributed by atoms with E-state index in [9.17, 15) is 5.11 Å². The fourth-order valence-corrected chi connectivity index (χ4v) is 2.90. The average Bonchev–Trinajstić information content (AvgIpc) is 2.40. The highest BCUT2D eigenvalue weighted by Gasteiger charge is 2.33. The third kappa shape index (κ3) is 2.71. The molecular weight excluding hydrogens is 208 g/mol. The molecule has 0 spiro atoms. The van der Waals surface area contributed by atoms with Gasteiger partial charge in [-0.3, -0.25) is 0 Å². The summed E-state index contributed by atoms with van der Waals surface area (Å²) in [6.45, 7) is 4.42. The van der Waals surface area contributed by atoms with Crippen molar-refractivity contribution in [2.75, 3.05) is 0 Å². The van der Waals surface area contributed by atoms with E-state index in [2.05, 4.69) is 38.1 Å². The van der Waals surface area contributed by atoms with E-state index in [0.29, 0.717) is 0 Å². The van der Waals surface area contributed by atoms with Gasteiger partial charge in [0, 0.05) is 0 Å². The van der Waals surface area contributed by atoms with Crippen LogP contribution in [0.5, 0.6) is 0 Å². The smallest absolute Gasteiger partial charge is 0.0896 e. The van der Waals surface area contributed by atoms with Gasteiger partial charge in [0.1, 0.15) is 0 Å². The average molecular weight is 232 g/mol. The number of aliphatic hydroxyl groups is 1. The Hall–Kier alpha value is -0.820. The van der Waals surface area contributed by atoms with Crippen molar-refractivity contribution in [2.24, 2.45) is 5.92 Å². The van der Waals surface area contributed by atoms with Crippen molar-refractivity contribution in [2.45, 2.75) is 58.0 Å².